The minimum Gasteiger partial charge on any atom is -0.496 e. The lowest BCUT2D eigenvalue weighted by molar-refractivity contribution is -0.127. The molecule has 1 aliphatic heterocycles. The zero-order valence-corrected chi connectivity index (χ0v) is 22.3. The van der Waals surface area contributed by atoms with Gasteiger partial charge in [-0.25, -0.2) is 9.97 Å². The smallest absolute Gasteiger partial charge is 0.246 e. The molecule has 0 aliphatic carbocycles. The Morgan fingerprint density at radius 2 is 2.06 bits per heavy atom. The summed E-state index contributed by atoms with van der Waals surface area (Å²) < 4.78 is 5.66. The normalized spacial score (nSPS) is 17.6. The van der Waals surface area contributed by atoms with Crippen molar-refractivity contribution in [3.8, 4) is 16.9 Å². The fraction of sp³-hybridized carbons (Fsp3) is 0.414. The minimum absolute atomic E-state index is 0.0348. The highest BCUT2D eigenvalue weighted by molar-refractivity contribution is 5.88. The number of nitrogens with one attached hydrogen (secondary N) is 1. The molecule has 1 saturated heterocycles. The van der Waals surface area contributed by atoms with E-state index in [2.05, 4.69) is 66.8 Å². The Morgan fingerprint density at radius 1 is 1.28 bits per heavy atom. The molecule has 1 amide bonds. The quantitative estimate of drug-likeness (QED) is 0.468. The molecule has 1 aromatic heterocycles. The summed E-state index contributed by atoms with van der Waals surface area (Å²) in [5.41, 5.74) is 6.93. The molecule has 2 atom stereocenters. The molecule has 2 aromatic carbocycles. The van der Waals surface area contributed by atoms with Crippen LogP contribution >= 0.6 is 0 Å². The number of carbonyl (C=O) groups is 1. The van der Waals surface area contributed by atoms with Gasteiger partial charge >= 0.3 is 0 Å². The Labute approximate surface area is 214 Å². The van der Waals surface area contributed by atoms with Crippen molar-refractivity contribution in [2.45, 2.75) is 45.7 Å². The van der Waals surface area contributed by atoms with Gasteiger partial charge in [0, 0.05) is 36.8 Å². The van der Waals surface area contributed by atoms with Gasteiger partial charge in [0.25, 0.3) is 0 Å². The predicted octanol–water partition coefficient (Wildman–Crippen LogP) is 4.61. The largest absolute Gasteiger partial charge is 0.496 e. The van der Waals surface area contributed by atoms with E-state index in [1.165, 1.54) is 22.8 Å². The van der Waals surface area contributed by atoms with Crippen LogP contribution in [0.15, 0.2) is 43.1 Å². The number of ether oxygens (including phenoxy) is 1. The van der Waals surface area contributed by atoms with Crippen molar-refractivity contribution >= 4 is 22.8 Å². The van der Waals surface area contributed by atoms with Crippen molar-refractivity contribution in [1.29, 1.82) is 0 Å². The third-order valence-corrected chi connectivity index (χ3v) is 7.16. The zero-order chi connectivity index (χ0) is 26.0. The van der Waals surface area contributed by atoms with Gasteiger partial charge in [0.15, 0.2) is 0 Å². The Balaban J connectivity index is 1.60. The number of fused-ring (bicyclic) bond motifs is 1. The number of methoxy groups -OCH3 is 1. The van der Waals surface area contributed by atoms with Crippen LogP contribution in [0.5, 0.6) is 5.75 Å². The molecule has 2 heterocycles. The van der Waals surface area contributed by atoms with E-state index in [0.29, 0.717) is 12.5 Å². The predicted molar refractivity (Wildman–Crippen MR) is 147 cm³/mol. The topological polar surface area (TPSA) is 70.6 Å². The number of likely N-dealkylation sites (N-methyl/N-ethyl adjacent to an activating group) is 1. The van der Waals surface area contributed by atoms with E-state index in [1.54, 1.807) is 7.11 Å². The summed E-state index contributed by atoms with van der Waals surface area (Å²) in [6.07, 6.45) is 5.06. The lowest BCUT2D eigenvalue weighted by atomic mass is 9.90. The first-order valence-electron chi connectivity index (χ1n) is 12.5. The Hall–Kier alpha value is -3.45. The van der Waals surface area contributed by atoms with Gasteiger partial charge in [-0.2, -0.15) is 0 Å². The molecular weight excluding hydrogens is 450 g/mol. The lowest BCUT2D eigenvalue weighted by Gasteiger charge is -2.25. The number of rotatable bonds is 8. The lowest BCUT2D eigenvalue weighted by Crippen LogP contribution is -2.40. The molecule has 190 valence electrons. The molecule has 0 radical (unpaired) electrons. The number of hydrogen-bond donors (Lipinski definition) is 1. The van der Waals surface area contributed by atoms with Crippen LogP contribution in [0.25, 0.3) is 22.0 Å². The van der Waals surface area contributed by atoms with Crippen molar-refractivity contribution in [3.63, 3.8) is 0 Å². The average Bonchev–Trinajstić information content (AvgIpc) is 3.25. The molecule has 3 aromatic rings. The number of amides is 1. The van der Waals surface area contributed by atoms with Crippen molar-refractivity contribution in [1.82, 2.24) is 19.8 Å². The number of hydrogen-bond acceptors (Lipinski definition) is 6. The maximum Gasteiger partial charge on any atom is 0.246 e. The molecule has 0 saturated carbocycles. The molecule has 36 heavy (non-hydrogen) atoms. The van der Waals surface area contributed by atoms with Crippen molar-refractivity contribution in [2.75, 3.05) is 39.6 Å². The second kappa shape index (κ2) is 10.7. The SMILES string of the molecule is C=CC(=O)N1C[C@@H](Nc2ncc3cc(-c4c(C)c(CC)cc(OC)c4C)ccc3n2)C[C@H]1CN(C)C. The molecule has 7 heteroatoms. The molecule has 4 rings (SSSR count). The highest BCUT2D eigenvalue weighted by Gasteiger charge is 2.34. The van der Waals surface area contributed by atoms with Crippen LogP contribution in [-0.2, 0) is 11.2 Å². The first-order chi connectivity index (χ1) is 17.2. The van der Waals surface area contributed by atoms with Crippen LogP contribution in [0, 0.1) is 13.8 Å². The Morgan fingerprint density at radius 3 is 2.72 bits per heavy atom. The zero-order valence-electron chi connectivity index (χ0n) is 22.3. The van der Waals surface area contributed by atoms with Crippen LogP contribution in [0.1, 0.15) is 30.0 Å². The van der Waals surface area contributed by atoms with E-state index in [0.717, 1.165) is 47.2 Å². The molecule has 1 fully saturated rings. The number of likely N-dealkylation sites (tertiary alicyclic amines) is 1. The average molecular weight is 488 g/mol. The Kier molecular flexibility index (Phi) is 7.59. The summed E-state index contributed by atoms with van der Waals surface area (Å²) in [6.45, 7) is 11.5. The van der Waals surface area contributed by atoms with Gasteiger partial charge in [0.1, 0.15) is 5.75 Å². The van der Waals surface area contributed by atoms with E-state index >= 15 is 0 Å². The number of carbonyl (C=O) groups excluding carboxylic acids is 1. The summed E-state index contributed by atoms with van der Waals surface area (Å²) in [6, 6.07) is 8.70. The standard InChI is InChI=1S/C29H37N5O2/c1-8-20-13-26(36-7)19(4)28(18(20)3)21-10-11-25-22(12-21)15-30-29(32-25)31-23-14-24(17-33(5)6)34(16-23)27(35)9-2/h9-13,15,23-24H,2,8,14,16-17H2,1,3-7H3,(H,30,31,32)/t23-,24-/m0/s1. The first kappa shape index (κ1) is 25.6. The summed E-state index contributed by atoms with van der Waals surface area (Å²) in [4.78, 5) is 25.8. The maximum absolute atomic E-state index is 12.4. The molecule has 1 N–H and O–H groups in total. The third-order valence-electron chi connectivity index (χ3n) is 7.16. The molecule has 0 bridgehead atoms. The second-order valence-corrected chi connectivity index (χ2v) is 9.87. The van der Waals surface area contributed by atoms with Gasteiger partial charge in [-0.05, 0) is 92.9 Å². The number of nitrogens with zero attached hydrogens (tertiary/aromatic N) is 4. The molecule has 7 nitrogen and oxygen atoms in total. The van der Waals surface area contributed by atoms with Gasteiger partial charge in [0.05, 0.1) is 12.6 Å². The molecule has 1 aliphatic rings. The van der Waals surface area contributed by atoms with E-state index in [-0.39, 0.29) is 18.0 Å². The van der Waals surface area contributed by atoms with Crippen LogP contribution in [0.4, 0.5) is 5.95 Å². The van der Waals surface area contributed by atoms with Gasteiger partial charge in [-0.1, -0.05) is 19.6 Å². The molecule has 0 spiro atoms. The molecule has 0 unspecified atom stereocenters. The van der Waals surface area contributed by atoms with E-state index in [1.807, 2.05) is 25.2 Å². The van der Waals surface area contributed by atoms with Crippen molar-refractivity contribution < 1.29 is 9.53 Å². The fourth-order valence-corrected chi connectivity index (χ4v) is 5.40. The van der Waals surface area contributed by atoms with Crippen LogP contribution in [-0.4, -0.2) is 72.1 Å². The van der Waals surface area contributed by atoms with Gasteiger partial charge in [-0.3, -0.25) is 4.79 Å². The van der Waals surface area contributed by atoms with Gasteiger partial charge in [0.2, 0.25) is 11.9 Å². The van der Waals surface area contributed by atoms with E-state index in [9.17, 15) is 4.79 Å². The molecular formula is C29H37N5O2. The van der Waals surface area contributed by atoms with E-state index in [4.69, 9.17) is 9.72 Å². The first-order valence-corrected chi connectivity index (χ1v) is 12.5. The van der Waals surface area contributed by atoms with Crippen LogP contribution in [0.2, 0.25) is 0 Å². The summed E-state index contributed by atoms with van der Waals surface area (Å²) >= 11 is 0. The minimum atomic E-state index is -0.0348. The van der Waals surface area contributed by atoms with Crippen molar-refractivity contribution in [3.05, 3.63) is 59.8 Å². The van der Waals surface area contributed by atoms with Gasteiger partial charge < -0.3 is 19.9 Å². The summed E-state index contributed by atoms with van der Waals surface area (Å²) in [5, 5.41) is 4.44. The number of anilines is 1. The van der Waals surface area contributed by atoms with Gasteiger partial charge in [-0.15, -0.1) is 0 Å². The van der Waals surface area contributed by atoms with Crippen LogP contribution < -0.4 is 10.1 Å². The highest BCUT2D eigenvalue weighted by atomic mass is 16.5. The maximum atomic E-state index is 12.4. The van der Waals surface area contributed by atoms with E-state index < -0.39 is 0 Å². The number of aromatic nitrogens is 2. The number of benzene rings is 2. The van der Waals surface area contributed by atoms with Crippen LogP contribution in [0.3, 0.4) is 0 Å². The Bertz CT molecular complexity index is 1260. The monoisotopic (exact) mass is 487 g/mol. The second-order valence-electron chi connectivity index (χ2n) is 9.87. The summed E-state index contributed by atoms with van der Waals surface area (Å²) in [7, 11) is 5.77. The fourth-order valence-electron chi connectivity index (χ4n) is 5.40. The number of aryl methyl sites for hydroxylation is 1. The van der Waals surface area contributed by atoms with Crippen molar-refractivity contribution in [2.24, 2.45) is 0 Å². The summed E-state index contributed by atoms with van der Waals surface area (Å²) in [5.74, 6) is 1.46. The third kappa shape index (κ3) is 5.07. The highest BCUT2D eigenvalue weighted by Crippen LogP contribution is 2.37.